The molecule has 4 nitrogen and oxygen atoms in total. The van der Waals surface area contributed by atoms with Crippen LogP contribution in [0.15, 0.2) is 18.2 Å². The highest BCUT2D eigenvalue weighted by Crippen LogP contribution is 2.39. The van der Waals surface area contributed by atoms with Gasteiger partial charge in [-0.05, 0) is 31.0 Å². The van der Waals surface area contributed by atoms with Gasteiger partial charge in [-0.2, -0.15) is 0 Å². The highest BCUT2D eigenvalue weighted by atomic mass is 16.5. The molecule has 1 aliphatic carbocycles. The van der Waals surface area contributed by atoms with Crippen LogP contribution in [0.3, 0.4) is 0 Å². The number of nitrogens with one attached hydrogen (secondary N) is 1. The number of imidazole rings is 1. The van der Waals surface area contributed by atoms with Crippen molar-refractivity contribution >= 4 is 17.0 Å². The number of carbonyl (C=O) groups is 1. The molecule has 4 heteroatoms. The summed E-state index contributed by atoms with van der Waals surface area (Å²) in [6.45, 7) is 0. The number of ether oxygens (including phenoxy) is 1. The second-order valence-corrected chi connectivity index (χ2v) is 4.12. The normalized spacial score (nSPS) is 15.3. The van der Waals surface area contributed by atoms with Crippen LogP contribution in [0.2, 0.25) is 0 Å². The van der Waals surface area contributed by atoms with Gasteiger partial charge in [0.1, 0.15) is 5.82 Å². The van der Waals surface area contributed by atoms with Gasteiger partial charge >= 0.3 is 5.97 Å². The number of fused-ring (bicyclic) bond motifs is 1. The van der Waals surface area contributed by atoms with Crippen molar-refractivity contribution in [1.82, 2.24) is 9.97 Å². The maximum atomic E-state index is 11.4. The average Bonchev–Trinajstić information content (AvgIpc) is 3.07. The molecule has 1 saturated carbocycles. The molecule has 0 atom stereocenters. The van der Waals surface area contributed by atoms with Crippen LogP contribution in [0.5, 0.6) is 0 Å². The minimum Gasteiger partial charge on any atom is -0.465 e. The summed E-state index contributed by atoms with van der Waals surface area (Å²) in [5.74, 6) is 1.32. The monoisotopic (exact) mass is 216 g/mol. The number of aromatic nitrogens is 2. The molecule has 1 aromatic carbocycles. The molecule has 1 aliphatic rings. The van der Waals surface area contributed by atoms with Crippen molar-refractivity contribution in [2.75, 3.05) is 7.11 Å². The largest absolute Gasteiger partial charge is 0.465 e. The standard InChI is InChI=1S/C12H12N2O2/c1-16-12(15)8-4-5-9-10(6-8)14-11(13-9)7-2-3-7/h4-7H,2-3H2,1H3,(H,13,14). The lowest BCUT2D eigenvalue weighted by molar-refractivity contribution is 0.0601. The molecule has 1 aromatic heterocycles. The Morgan fingerprint density at radius 3 is 3.00 bits per heavy atom. The predicted octanol–water partition coefficient (Wildman–Crippen LogP) is 2.23. The summed E-state index contributed by atoms with van der Waals surface area (Å²) in [6.07, 6.45) is 2.42. The first-order chi connectivity index (χ1) is 7.78. The maximum absolute atomic E-state index is 11.4. The smallest absolute Gasteiger partial charge is 0.337 e. The van der Waals surface area contributed by atoms with Crippen LogP contribution in [0.1, 0.15) is 34.9 Å². The zero-order valence-corrected chi connectivity index (χ0v) is 8.99. The molecule has 0 aliphatic heterocycles. The second kappa shape index (κ2) is 3.33. The highest BCUT2D eigenvalue weighted by Gasteiger charge is 2.26. The summed E-state index contributed by atoms with van der Waals surface area (Å²) in [7, 11) is 1.38. The van der Waals surface area contributed by atoms with Crippen LogP contribution in [-0.4, -0.2) is 23.0 Å². The quantitative estimate of drug-likeness (QED) is 0.783. The molecule has 2 aromatic rings. The molecule has 1 heterocycles. The van der Waals surface area contributed by atoms with Crippen LogP contribution < -0.4 is 0 Å². The topological polar surface area (TPSA) is 55.0 Å². The van der Waals surface area contributed by atoms with Gasteiger partial charge in [-0.3, -0.25) is 0 Å². The van der Waals surface area contributed by atoms with Crippen molar-refractivity contribution in [1.29, 1.82) is 0 Å². The zero-order valence-electron chi connectivity index (χ0n) is 8.99. The number of benzene rings is 1. The van der Waals surface area contributed by atoms with Crippen molar-refractivity contribution in [2.24, 2.45) is 0 Å². The molecule has 1 fully saturated rings. The van der Waals surface area contributed by atoms with Crippen molar-refractivity contribution in [2.45, 2.75) is 18.8 Å². The van der Waals surface area contributed by atoms with E-state index in [1.807, 2.05) is 6.07 Å². The molecular formula is C12H12N2O2. The summed E-state index contributed by atoms with van der Waals surface area (Å²) in [4.78, 5) is 19.1. The maximum Gasteiger partial charge on any atom is 0.337 e. The SMILES string of the molecule is COC(=O)c1ccc2nc(C3CC3)[nH]c2c1. The molecule has 0 unspecified atom stereocenters. The summed E-state index contributed by atoms with van der Waals surface area (Å²) < 4.78 is 4.68. The van der Waals surface area contributed by atoms with Gasteiger partial charge in [0, 0.05) is 5.92 Å². The number of carbonyl (C=O) groups excluding carboxylic acids is 1. The number of hydrogen-bond donors (Lipinski definition) is 1. The summed E-state index contributed by atoms with van der Waals surface area (Å²) in [6, 6.07) is 5.38. The Hall–Kier alpha value is -1.84. The van der Waals surface area contributed by atoms with Gasteiger partial charge in [-0.25, -0.2) is 9.78 Å². The van der Waals surface area contributed by atoms with Crippen molar-refractivity contribution in [3.05, 3.63) is 29.6 Å². The molecule has 16 heavy (non-hydrogen) atoms. The third-order valence-corrected chi connectivity index (χ3v) is 2.89. The average molecular weight is 216 g/mol. The molecular weight excluding hydrogens is 204 g/mol. The minimum atomic E-state index is -0.315. The first-order valence-corrected chi connectivity index (χ1v) is 5.36. The van der Waals surface area contributed by atoms with Gasteiger partial charge in [0.05, 0.1) is 23.7 Å². The number of H-pyrrole nitrogens is 1. The highest BCUT2D eigenvalue weighted by molar-refractivity contribution is 5.93. The van der Waals surface area contributed by atoms with Crippen molar-refractivity contribution < 1.29 is 9.53 Å². The molecule has 0 radical (unpaired) electrons. The van der Waals surface area contributed by atoms with E-state index in [4.69, 9.17) is 0 Å². The number of hydrogen-bond acceptors (Lipinski definition) is 3. The summed E-state index contributed by atoms with van der Waals surface area (Å²) in [5.41, 5.74) is 2.38. The number of nitrogens with zero attached hydrogens (tertiary/aromatic N) is 1. The molecule has 0 saturated heterocycles. The summed E-state index contributed by atoms with van der Waals surface area (Å²) >= 11 is 0. The minimum absolute atomic E-state index is 0.315. The van der Waals surface area contributed by atoms with Gasteiger partial charge in [0.2, 0.25) is 0 Å². The molecule has 1 N–H and O–H groups in total. The van der Waals surface area contributed by atoms with E-state index in [1.165, 1.54) is 20.0 Å². The van der Waals surface area contributed by atoms with Crippen LogP contribution in [0.4, 0.5) is 0 Å². The van der Waals surface area contributed by atoms with E-state index in [1.54, 1.807) is 12.1 Å². The van der Waals surface area contributed by atoms with Crippen molar-refractivity contribution in [3.63, 3.8) is 0 Å². The van der Waals surface area contributed by atoms with Crippen LogP contribution in [0, 0.1) is 0 Å². The van der Waals surface area contributed by atoms with E-state index >= 15 is 0 Å². The van der Waals surface area contributed by atoms with Gasteiger partial charge in [-0.1, -0.05) is 0 Å². The van der Waals surface area contributed by atoms with E-state index in [9.17, 15) is 4.79 Å². The van der Waals surface area contributed by atoms with Crippen molar-refractivity contribution in [3.8, 4) is 0 Å². The van der Waals surface area contributed by atoms with E-state index < -0.39 is 0 Å². The lowest BCUT2D eigenvalue weighted by Gasteiger charge is -1.97. The Morgan fingerprint density at radius 1 is 1.50 bits per heavy atom. The third kappa shape index (κ3) is 1.46. The lowest BCUT2D eigenvalue weighted by atomic mass is 10.2. The second-order valence-electron chi connectivity index (χ2n) is 4.12. The predicted molar refractivity (Wildman–Crippen MR) is 59.4 cm³/mol. The Labute approximate surface area is 92.6 Å². The van der Waals surface area contributed by atoms with Crippen LogP contribution in [0.25, 0.3) is 11.0 Å². The molecule has 0 amide bonds. The fourth-order valence-corrected chi connectivity index (χ4v) is 1.82. The number of rotatable bonds is 2. The number of methoxy groups -OCH3 is 1. The Balaban J connectivity index is 2.06. The third-order valence-electron chi connectivity index (χ3n) is 2.89. The van der Waals surface area contributed by atoms with E-state index in [0.717, 1.165) is 16.9 Å². The molecule has 0 bridgehead atoms. The van der Waals surface area contributed by atoms with Gasteiger partial charge < -0.3 is 9.72 Å². The number of esters is 1. The fraction of sp³-hybridized carbons (Fsp3) is 0.333. The zero-order chi connectivity index (χ0) is 11.1. The Kier molecular flexibility index (Phi) is 1.96. The van der Waals surface area contributed by atoms with E-state index in [2.05, 4.69) is 14.7 Å². The molecule has 3 rings (SSSR count). The Morgan fingerprint density at radius 2 is 2.31 bits per heavy atom. The van der Waals surface area contributed by atoms with E-state index in [-0.39, 0.29) is 5.97 Å². The molecule has 0 spiro atoms. The van der Waals surface area contributed by atoms with Gasteiger partial charge in [0.25, 0.3) is 0 Å². The Bertz CT molecular complexity index is 555. The molecule has 82 valence electrons. The first kappa shape index (κ1) is 9.39. The van der Waals surface area contributed by atoms with E-state index in [0.29, 0.717) is 11.5 Å². The first-order valence-electron chi connectivity index (χ1n) is 5.36. The van der Waals surface area contributed by atoms with Gasteiger partial charge in [0.15, 0.2) is 0 Å². The fourth-order valence-electron chi connectivity index (χ4n) is 1.82. The number of aromatic amines is 1. The lowest BCUT2D eigenvalue weighted by Crippen LogP contribution is -2.00. The van der Waals surface area contributed by atoms with Gasteiger partial charge in [-0.15, -0.1) is 0 Å². The van der Waals surface area contributed by atoms with Crippen LogP contribution in [-0.2, 0) is 4.74 Å². The van der Waals surface area contributed by atoms with Crippen LogP contribution >= 0.6 is 0 Å². The summed E-state index contributed by atoms with van der Waals surface area (Å²) in [5, 5.41) is 0.